The van der Waals surface area contributed by atoms with E-state index in [1.54, 1.807) is 24.9 Å². The highest BCUT2D eigenvalue weighted by atomic mass is 35.5. The summed E-state index contributed by atoms with van der Waals surface area (Å²) < 4.78 is 5.21. The third-order valence-corrected chi connectivity index (χ3v) is 5.76. The number of rotatable bonds is 7. The molecule has 8 heteroatoms. The summed E-state index contributed by atoms with van der Waals surface area (Å²) in [6, 6.07) is 9.25. The lowest BCUT2D eigenvalue weighted by Crippen LogP contribution is -2.12. The number of hydrogen-bond donors (Lipinski definition) is 2. The van der Waals surface area contributed by atoms with Gasteiger partial charge in [-0.3, -0.25) is 4.79 Å². The number of fused-ring (bicyclic) bond motifs is 1. The van der Waals surface area contributed by atoms with Gasteiger partial charge in [-0.2, -0.15) is 0 Å². The Balaban J connectivity index is 1.50. The number of benzene rings is 2. The summed E-state index contributed by atoms with van der Waals surface area (Å²) in [5.74, 6) is 1.44. The van der Waals surface area contributed by atoms with Crippen molar-refractivity contribution >= 4 is 57.6 Å². The second-order valence-electron chi connectivity index (χ2n) is 5.98. The van der Waals surface area contributed by atoms with Gasteiger partial charge < -0.3 is 15.0 Å². The number of aryl methyl sites for hydroxylation is 1. The standard InChI is InChI=1S/C19H19Cl2N3O2S/c1-11-5-7-13(20)18(17(11)21)24-16(25)4-3-9-27-19-22-14-8-6-12(26-2)10-15(14)23-19/h5-8,10H,3-4,9H2,1-2H3,(H,22,23)(H,24,25). The number of halogens is 2. The number of H-pyrrole nitrogens is 1. The topological polar surface area (TPSA) is 67.0 Å². The van der Waals surface area contributed by atoms with Crippen molar-refractivity contribution in [2.75, 3.05) is 18.2 Å². The third-order valence-electron chi connectivity index (χ3n) is 4.00. The van der Waals surface area contributed by atoms with Crippen LogP contribution in [0.3, 0.4) is 0 Å². The van der Waals surface area contributed by atoms with Crippen LogP contribution in [0.2, 0.25) is 10.0 Å². The number of imidazole rings is 1. The number of aromatic nitrogens is 2. The van der Waals surface area contributed by atoms with Gasteiger partial charge in [0.15, 0.2) is 5.16 Å². The van der Waals surface area contributed by atoms with Crippen LogP contribution in [0.4, 0.5) is 5.69 Å². The lowest BCUT2D eigenvalue weighted by molar-refractivity contribution is -0.116. The van der Waals surface area contributed by atoms with Crippen LogP contribution in [0, 0.1) is 6.92 Å². The molecule has 3 rings (SSSR count). The van der Waals surface area contributed by atoms with E-state index in [1.165, 1.54) is 0 Å². The van der Waals surface area contributed by atoms with Gasteiger partial charge in [0.05, 0.1) is 33.9 Å². The van der Waals surface area contributed by atoms with Crippen molar-refractivity contribution in [1.29, 1.82) is 0 Å². The van der Waals surface area contributed by atoms with Crippen LogP contribution < -0.4 is 10.1 Å². The van der Waals surface area contributed by atoms with Crippen molar-refractivity contribution in [2.45, 2.75) is 24.9 Å². The molecule has 0 aliphatic rings. The van der Waals surface area contributed by atoms with Gasteiger partial charge in [0.25, 0.3) is 0 Å². The SMILES string of the molecule is COc1ccc2nc(SCCCC(=O)Nc3c(Cl)ccc(C)c3Cl)[nH]c2c1. The smallest absolute Gasteiger partial charge is 0.224 e. The van der Waals surface area contributed by atoms with Gasteiger partial charge in [0, 0.05) is 18.2 Å². The van der Waals surface area contributed by atoms with E-state index in [2.05, 4.69) is 15.3 Å². The molecule has 0 saturated heterocycles. The Morgan fingerprint density at radius 3 is 2.89 bits per heavy atom. The van der Waals surface area contributed by atoms with Crippen molar-refractivity contribution in [3.63, 3.8) is 0 Å². The summed E-state index contributed by atoms with van der Waals surface area (Å²) in [7, 11) is 1.63. The number of nitrogens with zero attached hydrogens (tertiary/aromatic N) is 1. The van der Waals surface area contributed by atoms with Crippen molar-refractivity contribution < 1.29 is 9.53 Å². The molecule has 0 bridgehead atoms. The Labute approximate surface area is 171 Å². The van der Waals surface area contributed by atoms with Gasteiger partial charge >= 0.3 is 0 Å². The van der Waals surface area contributed by atoms with Crippen LogP contribution in [0.5, 0.6) is 5.75 Å². The summed E-state index contributed by atoms with van der Waals surface area (Å²) in [6.45, 7) is 1.87. The van der Waals surface area contributed by atoms with E-state index >= 15 is 0 Å². The number of carbonyl (C=O) groups excluding carboxylic acids is 1. The van der Waals surface area contributed by atoms with Gasteiger partial charge in [-0.15, -0.1) is 0 Å². The first kappa shape index (κ1) is 19.9. The zero-order chi connectivity index (χ0) is 19.4. The first-order chi connectivity index (χ1) is 13.0. The molecule has 0 aliphatic heterocycles. The van der Waals surface area contributed by atoms with E-state index in [9.17, 15) is 4.79 Å². The highest BCUT2D eigenvalue weighted by molar-refractivity contribution is 7.99. The van der Waals surface area contributed by atoms with Crippen LogP contribution in [0.15, 0.2) is 35.5 Å². The minimum absolute atomic E-state index is 0.112. The fraction of sp³-hybridized carbons (Fsp3) is 0.263. The molecule has 1 aromatic heterocycles. The maximum atomic E-state index is 12.2. The normalized spacial score (nSPS) is 11.0. The Kier molecular flexibility index (Phi) is 6.52. The molecule has 3 aromatic rings. The summed E-state index contributed by atoms with van der Waals surface area (Å²) in [6.07, 6.45) is 1.08. The van der Waals surface area contributed by atoms with Gasteiger partial charge in [-0.1, -0.05) is 41.0 Å². The number of aromatic amines is 1. The average molecular weight is 424 g/mol. The Morgan fingerprint density at radius 2 is 2.11 bits per heavy atom. The van der Waals surface area contributed by atoms with Gasteiger partial charge in [0.2, 0.25) is 5.91 Å². The molecule has 2 aromatic carbocycles. The molecule has 0 fully saturated rings. The molecule has 27 heavy (non-hydrogen) atoms. The first-order valence-corrected chi connectivity index (χ1v) is 10.1. The quantitative estimate of drug-likeness (QED) is 0.377. The van der Waals surface area contributed by atoms with E-state index in [-0.39, 0.29) is 5.91 Å². The first-order valence-electron chi connectivity index (χ1n) is 8.39. The molecule has 0 spiro atoms. The molecule has 142 valence electrons. The molecule has 5 nitrogen and oxygen atoms in total. The van der Waals surface area contributed by atoms with Crippen LogP contribution in [0.1, 0.15) is 18.4 Å². The Bertz CT molecular complexity index is 975. The molecule has 2 N–H and O–H groups in total. The lowest BCUT2D eigenvalue weighted by Gasteiger charge is -2.11. The third kappa shape index (κ3) is 4.89. The molecular weight excluding hydrogens is 405 g/mol. The summed E-state index contributed by atoms with van der Waals surface area (Å²) >= 11 is 13.9. The molecule has 1 heterocycles. The number of anilines is 1. The van der Waals surface area contributed by atoms with E-state index in [0.717, 1.165) is 33.3 Å². The maximum Gasteiger partial charge on any atom is 0.224 e. The van der Waals surface area contributed by atoms with Gasteiger partial charge in [-0.25, -0.2) is 4.98 Å². The summed E-state index contributed by atoms with van der Waals surface area (Å²) in [4.78, 5) is 20.0. The number of methoxy groups -OCH3 is 1. The van der Waals surface area contributed by atoms with Crippen LogP contribution in [0.25, 0.3) is 11.0 Å². The number of nitrogens with one attached hydrogen (secondary N) is 2. The second-order valence-corrected chi connectivity index (χ2v) is 7.85. The van der Waals surface area contributed by atoms with Crippen LogP contribution in [-0.4, -0.2) is 28.7 Å². The largest absolute Gasteiger partial charge is 0.497 e. The number of hydrogen-bond acceptors (Lipinski definition) is 4. The van der Waals surface area contributed by atoms with Crippen LogP contribution in [-0.2, 0) is 4.79 Å². The van der Waals surface area contributed by atoms with Crippen molar-refractivity contribution in [2.24, 2.45) is 0 Å². The van der Waals surface area contributed by atoms with Crippen molar-refractivity contribution in [3.05, 3.63) is 45.9 Å². The average Bonchev–Trinajstić information content (AvgIpc) is 3.07. The van der Waals surface area contributed by atoms with E-state index in [4.69, 9.17) is 27.9 Å². The highest BCUT2D eigenvalue weighted by Crippen LogP contribution is 2.33. The molecule has 0 aliphatic carbocycles. The number of amides is 1. The van der Waals surface area contributed by atoms with Crippen LogP contribution >= 0.6 is 35.0 Å². The minimum Gasteiger partial charge on any atom is -0.497 e. The molecule has 0 radical (unpaired) electrons. The predicted octanol–water partition coefficient (Wildman–Crippen LogP) is 5.70. The maximum absolute atomic E-state index is 12.2. The fourth-order valence-electron chi connectivity index (χ4n) is 2.54. The second kappa shape index (κ2) is 8.87. The Morgan fingerprint density at radius 1 is 1.30 bits per heavy atom. The number of carbonyl (C=O) groups is 1. The van der Waals surface area contributed by atoms with E-state index in [1.807, 2.05) is 31.2 Å². The number of thioether (sulfide) groups is 1. The highest BCUT2D eigenvalue weighted by Gasteiger charge is 2.12. The zero-order valence-electron chi connectivity index (χ0n) is 14.9. The van der Waals surface area contributed by atoms with E-state index < -0.39 is 0 Å². The zero-order valence-corrected chi connectivity index (χ0v) is 17.3. The minimum atomic E-state index is -0.112. The van der Waals surface area contributed by atoms with Gasteiger partial charge in [0.1, 0.15) is 5.75 Å². The molecule has 0 atom stereocenters. The predicted molar refractivity (Wildman–Crippen MR) is 112 cm³/mol. The monoisotopic (exact) mass is 423 g/mol. The molecule has 0 unspecified atom stereocenters. The summed E-state index contributed by atoms with van der Waals surface area (Å²) in [5.41, 5.74) is 3.16. The van der Waals surface area contributed by atoms with Gasteiger partial charge in [-0.05, 0) is 37.1 Å². The van der Waals surface area contributed by atoms with Crippen molar-refractivity contribution in [1.82, 2.24) is 9.97 Å². The summed E-state index contributed by atoms with van der Waals surface area (Å²) in [5, 5.41) is 4.54. The number of ether oxygens (including phenoxy) is 1. The molecular formula is C19H19Cl2N3O2S. The Hall–Kier alpha value is -1.89. The molecule has 0 saturated carbocycles. The lowest BCUT2D eigenvalue weighted by atomic mass is 10.2. The fourth-order valence-corrected chi connectivity index (χ4v) is 3.83. The molecule has 1 amide bonds. The van der Waals surface area contributed by atoms with E-state index in [0.29, 0.717) is 28.6 Å². The van der Waals surface area contributed by atoms with Crippen molar-refractivity contribution in [3.8, 4) is 5.75 Å².